The maximum atomic E-state index is 12.4. The van der Waals surface area contributed by atoms with Crippen LogP contribution in [0.5, 0.6) is 5.75 Å². The predicted molar refractivity (Wildman–Crippen MR) is 84.9 cm³/mol. The summed E-state index contributed by atoms with van der Waals surface area (Å²) in [5, 5.41) is 0. The second-order valence-corrected chi connectivity index (χ2v) is 6.97. The average Bonchev–Trinajstić information content (AvgIpc) is 2.55. The molecule has 2 rings (SSSR count). The minimum atomic E-state index is -3.58. The number of hydrogen-bond acceptors (Lipinski definition) is 5. The first kappa shape index (κ1) is 17.6. The summed E-state index contributed by atoms with van der Waals surface area (Å²) < 4.78 is 37.4. The van der Waals surface area contributed by atoms with Crippen molar-refractivity contribution in [2.45, 2.75) is 30.7 Å². The first-order valence-electron chi connectivity index (χ1n) is 7.54. The molecule has 1 aliphatic rings. The van der Waals surface area contributed by atoms with Gasteiger partial charge in [0.05, 0.1) is 18.6 Å². The molecule has 1 aliphatic heterocycles. The molecule has 1 aromatic carbocycles. The number of carbonyl (C=O) groups is 1. The fourth-order valence-electron chi connectivity index (χ4n) is 2.48. The van der Waals surface area contributed by atoms with Crippen molar-refractivity contribution < 1.29 is 22.7 Å². The number of rotatable bonds is 5. The van der Waals surface area contributed by atoms with E-state index in [2.05, 4.69) is 9.46 Å². The predicted octanol–water partition coefficient (Wildman–Crippen LogP) is 1.59. The Hall–Kier alpha value is -1.80. The Bertz CT molecular complexity index is 622. The van der Waals surface area contributed by atoms with E-state index in [1.165, 1.54) is 19.2 Å². The number of nitrogens with zero attached hydrogens (tertiary/aromatic N) is 1. The quantitative estimate of drug-likeness (QED) is 0.878. The number of amides is 1. The molecule has 8 heteroatoms. The van der Waals surface area contributed by atoms with Crippen molar-refractivity contribution in [3.8, 4) is 5.75 Å². The first-order valence-corrected chi connectivity index (χ1v) is 9.02. The minimum absolute atomic E-state index is 0.188. The standard InChI is InChI=1S/C15H22N2O5S/c1-3-22-13-4-6-14(7-5-13)23(19,20)16-12-8-10-17(11-9-12)15(18)21-2/h4-7,12,16H,3,8-11H2,1-2H3. The summed E-state index contributed by atoms with van der Waals surface area (Å²) in [4.78, 5) is 13.2. The van der Waals surface area contributed by atoms with Crippen molar-refractivity contribution in [3.63, 3.8) is 0 Å². The van der Waals surface area contributed by atoms with E-state index in [1.807, 2.05) is 6.92 Å². The van der Waals surface area contributed by atoms with Crippen LogP contribution in [-0.4, -0.2) is 52.3 Å². The number of ether oxygens (including phenoxy) is 2. The zero-order valence-electron chi connectivity index (χ0n) is 13.3. The molecule has 1 fully saturated rings. The molecule has 1 aromatic rings. The summed E-state index contributed by atoms with van der Waals surface area (Å²) >= 11 is 0. The lowest BCUT2D eigenvalue weighted by molar-refractivity contribution is 0.111. The summed E-state index contributed by atoms with van der Waals surface area (Å²) in [6.45, 7) is 3.35. The Labute approximate surface area is 136 Å². The van der Waals surface area contributed by atoms with Crippen LogP contribution in [0.2, 0.25) is 0 Å². The van der Waals surface area contributed by atoms with Gasteiger partial charge in [-0.15, -0.1) is 0 Å². The summed E-state index contributed by atoms with van der Waals surface area (Å²) in [7, 11) is -2.24. The molecule has 0 radical (unpaired) electrons. The Morgan fingerprint density at radius 3 is 2.39 bits per heavy atom. The van der Waals surface area contributed by atoms with Crippen LogP contribution in [0.4, 0.5) is 4.79 Å². The molecule has 0 aromatic heterocycles. The fourth-order valence-corrected chi connectivity index (χ4v) is 3.78. The van der Waals surface area contributed by atoms with E-state index in [4.69, 9.17) is 4.74 Å². The second-order valence-electron chi connectivity index (χ2n) is 5.26. The lowest BCUT2D eigenvalue weighted by Crippen LogP contribution is -2.46. The summed E-state index contributed by atoms with van der Waals surface area (Å²) in [6, 6.07) is 6.14. The Morgan fingerprint density at radius 1 is 1.26 bits per heavy atom. The zero-order valence-corrected chi connectivity index (χ0v) is 14.1. The van der Waals surface area contributed by atoms with Gasteiger partial charge in [0.2, 0.25) is 10.0 Å². The van der Waals surface area contributed by atoms with E-state index in [0.29, 0.717) is 38.3 Å². The van der Waals surface area contributed by atoms with Gasteiger partial charge in [-0.3, -0.25) is 0 Å². The highest BCUT2D eigenvalue weighted by Gasteiger charge is 2.26. The van der Waals surface area contributed by atoms with Gasteiger partial charge >= 0.3 is 6.09 Å². The van der Waals surface area contributed by atoms with Crippen LogP contribution in [-0.2, 0) is 14.8 Å². The molecule has 1 saturated heterocycles. The molecular weight excluding hydrogens is 320 g/mol. The van der Waals surface area contributed by atoms with E-state index >= 15 is 0 Å². The number of hydrogen-bond donors (Lipinski definition) is 1. The average molecular weight is 342 g/mol. The third kappa shape index (κ3) is 4.59. The first-order chi connectivity index (χ1) is 11.0. The monoisotopic (exact) mass is 342 g/mol. The zero-order chi connectivity index (χ0) is 16.9. The number of benzene rings is 1. The number of methoxy groups -OCH3 is 1. The smallest absolute Gasteiger partial charge is 0.409 e. The molecule has 0 unspecified atom stereocenters. The lowest BCUT2D eigenvalue weighted by Gasteiger charge is -2.31. The van der Waals surface area contributed by atoms with Crippen LogP contribution in [0.1, 0.15) is 19.8 Å². The van der Waals surface area contributed by atoms with Gasteiger partial charge in [-0.05, 0) is 44.0 Å². The number of nitrogens with one attached hydrogen (secondary N) is 1. The number of sulfonamides is 1. The van der Waals surface area contributed by atoms with Crippen molar-refractivity contribution in [1.29, 1.82) is 0 Å². The Balaban J connectivity index is 1.95. The Kier molecular flexibility index (Phi) is 5.84. The number of piperidine rings is 1. The van der Waals surface area contributed by atoms with Gasteiger partial charge in [-0.1, -0.05) is 0 Å². The normalized spacial score (nSPS) is 16.2. The van der Waals surface area contributed by atoms with Crippen LogP contribution < -0.4 is 9.46 Å². The van der Waals surface area contributed by atoms with Gasteiger partial charge in [0, 0.05) is 19.1 Å². The SMILES string of the molecule is CCOc1ccc(S(=O)(=O)NC2CCN(C(=O)OC)CC2)cc1. The van der Waals surface area contributed by atoms with E-state index in [-0.39, 0.29) is 17.0 Å². The third-order valence-corrected chi connectivity index (χ3v) is 5.23. The molecule has 0 bridgehead atoms. The molecule has 1 N–H and O–H groups in total. The molecular formula is C15H22N2O5S. The second kappa shape index (κ2) is 7.65. The van der Waals surface area contributed by atoms with Gasteiger partial charge in [-0.2, -0.15) is 0 Å². The van der Waals surface area contributed by atoms with Crippen LogP contribution in [0.15, 0.2) is 29.2 Å². The fraction of sp³-hybridized carbons (Fsp3) is 0.533. The molecule has 0 atom stereocenters. The van der Waals surface area contributed by atoms with Crippen molar-refractivity contribution in [2.24, 2.45) is 0 Å². The lowest BCUT2D eigenvalue weighted by atomic mass is 10.1. The maximum Gasteiger partial charge on any atom is 0.409 e. The summed E-state index contributed by atoms with van der Waals surface area (Å²) in [6.07, 6.45) is 0.745. The van der Waals surface area contributed by atoms with Crippen molar-refractivity contribution in [2.75, 3.05) is 26.8 Å². The Morgan fingerprint density at radius 2 is 1.87 bits per heavy atom. The van der Waals surface area contributed by atoms with E-state index in [9.17, 15) is 13.2 Å². The molecule has 128 valence electrons. The van der Waals surface area contributed by atoms with E-state index in [1.54, 1.807) is 17.0 Å². The number of carbonyl (C=O) groups excluding carboxylic acids is 1. The highest BCUT2D eigenvalue weighted by molar-refractivity contribution is 7.89. The minimum Gasteiger partial charge on any atom is -0.494 e. The highest BCUT2D eigenvalue weighted by Crippen LogP contribution is 2.18. The third-order valence-electron chi connectivity index (χ3n) is 3.69. The van der Waals surface area contributed by atoms with E-state index < -0.39 is 10.0 Å². The molecule has 7 nitrogen and oxygen atoms in total. The number of likely N-dealkylation sites (tertiary alicyclic amines) is 1. The van der Waals surface area contributed by atoms with Gasteiger partial charge in [0.1, 0.15) is 5.75 Å². The van der Waals surface area contributed by atoms with Crippen LogP contribution in [0.25, 0.3) is 0 Å². The summed E-state index contributed by atoms with van der Waals surface area (Å²) in [5.74, 6) is 0.637. The van der Waals surface area contributed by atoms with Gasteiger partial charge < -0.3 is 14.4 Å². The topological polar surface area (TPSA) is 84.9 Å². The molecule has 23 heavy (non-hydrogen) atoms. The van der Waals surface area contributed by atoms with Crippen molar-refractivity contribution >= 4 is 16.1 Å². The van der Waals surface area contributed by atoms with Gasteiger partial charge in [0.25, 0.3) is 0 Å². The van der Waals surface area contributed by atoms with Crippen LogP contribution in [0, 0.1) is 0 Å². The van der Waals surface area contributed by atoms with Crippen LogP contribution >= 0.6 is 0 Å². The summed E-state index contributed by atoms with van der Waals surface area (Å²) in [5.41, 5.74) is 0. The van der Waals surface area contributed by atoms with E-state index in [0.717, 1.165) is 0 Å². The van der Waals surface area contributed by atoms with Crippen LogP contribution in [0.3, 0.4) is 0 Å². The highest BCUT2D eigenvalue weighted by atomic mass is 32.2. The van der Waals surface area contributed by atoms with Crippen molar-refractivity contribution in [3.05, 3.63) is 24.3 Å². The van der Waals surface area contributed by atoms with Crippen molar-refractivity contribution in [1.82, 2.24) is 9.62 Å². The largest absolute Gasteiger partial charge is 0.494 e. The molecule has 1 heterocycles. The van der Waals surface area contributed by atoms with Gasteiger partial charge in [-0.25, -0.2) is 17.9 Å². The molecule has 0 saturated carbocycles. The van der Waals surface area contributed by atoms with Gasteiger partial charge in [0.15, 0.2) is 0 Å². The maximum absolute atomic E-state index is 12.4. The molecule has 0 spiro atoms. The molecule has 1 amide bonds. The molecule has 0 aliphatic carbocycles.